The predicted octanol–water partition coefficient (Wildman–Crippen LogP) is 5.90. The summed E-state index contributed by atoms with van der Waals surface area (Å²) >= 11 is 0. The number of hydrogen-bond donors (Lipinski definition) is 1. The van der Waals surface area contributed by atoms with Gasteiger partial charge in [0, 0.05) is 6.54 Å². The highest BCUT2D eigenvalue weighted by molar-refractivity contribution is 6.99. The SMILES string of the molecule is CC(C)(C)OC(=O)NCC([CH]Cc1ccccc1)O[Si](c1ccccc1)(c1ccccc1)C(C)(C)C. The molecule has 1 N–H and O–H groups in total. The summed E-state index contributed by atoms with van der Waals surface area (Å²) in [6.07, 6.45) is 2.15. The van der Waals surface area contributed by atoms with Crippen molar-refractivity contribution >= 4 is 24.8 Å². The van der Waals surface area contributed by atoms with E-state index >= 15 is 0 Å². The Hall–Kier alpha value is -2.89. The largest absolute Gasteiger partial charge is 0.444 e. The fourth-order valence-corrected chi connectivity index (χ4v) is 9.12. The van der Waals surface area contributed by atoms with E-state index in [9.17, 15) is 4.79 Å². The van der Waals surface area contributed by atoms with Gasteiger partial charge in [-0.25, -0.2) is 4.79 Å². The molecule has 0 fully saturated rings. The lowest BCUT2D eigenvalue weighted by atomic mass is 10.1. The Labute approximate surface area is 218 Å². The number of carbonyl (C=O) groups excluding carboxylic acids is 1. The Morgan fingerprint density at radius 3 is 1.72 bits per heavy atom. The number of ether oxygens (including phenoxy) is 1. The molecular weight excluding hydrogens is 462 g/mol. The zero-order valence-corrected chi connectivity index (χ0v) is 23.5. The number of hydrogen-bond acceptors (Lipinski definition) is 3. The van der Waals surface area contributed by atoms with Crippen molar-refractivity contribution in [3.05, 3.63) is 103 Å². The van der Waals surface area contributed by atoms with Gasteiger partial charge in [-0.3, -0.25) is 0 Å². The summed E-state index contributed by atoms with van der Waals surface area (Å²) in [5, 5.41) is 5.21. The molecule has 1 radical (unpaired) electrons. The number of amides is 1. The topological polar surface area (TPSA) is 47.6 Å². The highest BCUT2D eigenvalue weighted by Crippen LogP contribution is 2.37. The van der Waals surface area contributed by atoms with Gasteiger partial charge in [-0.2, -0.15) is 0 Å². The van der Waals surface area contributed by atoms with Crippen LogP contribution in [0.25, 0.3) is 0 Å². The van der Waals surface area contributed by atoms with Crippen LogP contribution in [0.15, 0.2) is 91.0 Å². The molecule has 0 heterocycles. The van der Waals surface area contributed by atoms with Gasteiger partial charge in [0.25, 0.3) is 8.32 Å². The molecule has 0 spiro atoms. The molecule has 0 aliphatic rings. The summed E-state index contributed by atoms with van der Waals surface area (Å²) in [5.74, 6) is 0. The first-order valence-electron chi connectivity index (χ1n) is 12.6. The Bertz CT molecular complexity index is 1030. The van der Waals surface area contributed by atoms with Gasteiger partial charge in [-0.1, -0.05) is 112 Å². The van der Waals surface area contributed by atoms with Crippen molar-refractivity contribution in [3.8, 4) is 0 Å². The van der Waals surface area contributed by atoms with Gasteiger partial charge in [0.1, 0.15) is 5.60 Å². The lowest BCUT2D eigenvalue weighted by molar-refractivity contribution is 0.0505. The van der Waals surface area contributed by atoms with Crippen LogP contribution in [0.3, 0.4) is 0 Å². The van der Waals surface area contributed by atoms with Crippen LogP contribution in [0.4, 0.5) is 4.79 Å². The maximum Gasteiger partial charge on any atom is 0.407 e. The van der Waals surface area contributed by atoms with E-state index < -0.39 is 20.0 Å². The van der Waals surface area contributed by atoms with Gasteiger partial charge in [0.15, 0.2) is 0 Å². The zero-order chi connectivity index (χ0) is 26.2. The van der Waals surface area contributed by atoms with Crippen molar-refractivity contribution in [3.63, 3.8) is 0 Å². The van der Waals surface area contributed by atoms with Crippen molar-refractivity contribution in [2.45, 2.75) is 64.7 Å². The molecule has 1 atom stereocenters. The van der Waals surface area contributed by atoms with E-state index in [1.54, 1.807) is 0 Å². The zero-order valence-electron chi connectivity index (χ0n) is 22.5. The van der Waals surface area contributed by atoms with Gasteiger partial charge < -0.3 is 14.5 Å². The van der Waals surface area contributed by atoms with E-state index in [0.29, 0.717) is 6.54 Å². The highest BCUT2D eigenvalue weighted by Gasteiger charge is 2.51. The van der Waals surface area contributed by atoms with E-state index in [4.69, 9.17) is 9.16 Å². The third-order valence-electron chi connectivity index (χ3n) is 6.05. The van der Waals surface area contributed by atoms with Crippen LogP contribution in [-0.4, -0.2) is 32.7 Å². The number of nitrogens with one attached hydrogen (secondary N) is 1. The van der Waals surface area contributed by atoms with Crippen molar-refractivity contribution in [1.82, 2.24) is 5.32 Å². The predicted molar refractivity (Wildman–Crippen MR) is 151 cm³/mol. The first-order valence-corrected chi connectivity index (χ1v) is 14.5. The quantitative estimate of drug-likeness (QED) is 0.371. The van der Waals surface area contributed by atoms with Crippen LogP contribution in [0.1, 0.15) is 47.1 Å². The number of alkyl carbamates (subject to hydrolysis) is 1. The Morgan fingerprint density at radius 1 is 0.806 bits per heavy atom. The second-order valence-electron chi connectivity index (χ2n) is 11.1. The minimum Gasteiger partial charge on any atom is -0.444 e. The molecule has 0 saturated heterocycles. The van der Waals surface area contributed by atoms with Gasteiger partial charge in [0.2, 0.25) is 0 Å². The first kappa shape index (κ1) is 27.7. The van der Waals surface area contributed by atoms with Crippen molar-refractivity contribution in [2.75, 3.05) is 6.54 Å². The van der Waals surface area contributed by atoms with E-state index in [0.717, 1.165) is 6.42 Å². The van der Waals surface area contributed by atoms with E-state index in [2.05, 4.69) is 93.2 Å². The van der Waals surface area contributed by atoms with Crippen LogP contribution in [-0.2, 0) is 15.6 Å². The van der Waals surface area contributed by atoms with Crippen LogP contribution in [0.5, 0.6) is 0 Å². The fourth-order valence-electron chi connectivity index (χ4n) is 4.47. The molecule has 0 bridgehead atoms. The van der Waals surface area contributed by atoms with Crippen LogP contribution in [0.2, 0.25) is 5.04 Å². The van der Waals surface area contributed by atoms with E-state index in [1.165, 1.54) is 15.9 Å². The molecule has 0 aliphatic heterocycles. The smallest absolute Gasteiger partial charge is 0.407 e. The molecular formula is C31H40NO3Si. The average molecular weight is 503 g/mol. The lowest BCUT2D eigenvalue weighted by Crippen LogP contribution is -2.68. The van der Waals surface area contributed by atoms with Crippen molar-refractivity contribution in [2.24, 2.45) is 0 Å². The van der Waals surface area contributed by atoms with E-state index in [-0.39, 0.29) is 11.1 Å². The molecule has 4 nitrogen and oxygen atoms in total. The van der Waals surface area contributed by atoms with Crippen LogP contribution in [0, 0.1) is 6.42 Å². The second-order valence-corrected chi connectivity index (χ2v) is 15.4. The Morgan fingerprint density at radius 2 is 1.28 bits per heavy atom. The summed E-state index contributed by atoms with van der Waals surface area (Å²) in [5.41, 5.74) is 0.637. The average Bonchev–Trinajstić information content (AvgIpc) is 2.83. The third kappa shape index (κ3) is 7.31. The molecule has 191 valence electrons. The molecule has 36 heavy (non-hydrogen) atoms. The number of benzene rings is 3. The summed E-state index contributed by atoms with van der Waals surface area (Å²) in [4.78, 5) is 12.5. The summed E-state index contributed by atoms with van der Waals surface area (Å²) in [6, 6.07) is 31.4. The molecule has 1 amide bonds. The standard InChI is InChI=1S/C31H40NO3Si/c1-30(2,3)34-29(33)32-24-26(23-22-25-16-10-7-11-17-25)35-36(31(4,5)6,27-18-12-8-13-19-27)28-20-14-9-15-21-28/h7-21,23,26H,22,24H2,1-6H3,(H,32,33). The van der Waals surface area contributed by atoms with Gasteiger partial charge >= 0.3 is 6.09 Å². The maximum atomic E-state index is 12.5. The lowest BCUT2D eigenvalue weighted by Gasteiger charge is -2.45. The molecule has 3 aromatic carbocycles. The minimum absolute atomic E-state index is 0.166. The maximum absolute atomic E-state index is 12.5. The Kier molecular flexibility index (Phi) is 9.15. The van der Waals surface area contributed by atoms with Crippen molar-refractivity contribution in [1.29, 1.82) is 0 Å². The molecule has 1 unspecified atom stereocenters. The molecule has 0 aliphatic carbocycles. The molecule has 3 rings (SSSR count). The van der Waals surface area contributed by atoms with E-state index in [1.807, 2.05) is 51.1 Å². The second kappa shape index (κ2) is 11.9. The molecule has 5 heteroatoms. The first-order chi connectivity index (χ1) is 17.0. The summed E-state index contributed by atoms with van der Waals surface area (Å²) in [7, 11) is -2.79. The van der Waals surface area contributed by atoms with Gasteiger partial charge in [-0.15, -0.1) is 0 Å². The summed E-state index contributed by atoms with van der Waals surface area (Å²) < 4.78 is 12.8. The van der Waals surface area contributed by atoms with Crippen molar-refractivity contribution < 1.29 is 14.0 Å². The normalized spacial score (nSPS) is 13.2. The van der Waals surface area contributed by atoms with Gasteiger partial charge in [-0.05, 0) is 54.6 Å². The van der Waals surface area contributed by atoms with Crippen LogP contribution >= 0.6 is 0 Å². The fraction of sp³-hybridized carbons (Fsp3) is 0.355. The van der Waals surface area contributed by atoms with Gasteiger partial charge in [0.05, 0.1) is 6.10 Å². The number of rotatable bonds is 9. The number of carbonyl (C=O) groups is 1. The molecule has 0 aromatic heterocycles. The Balaban J connectivity index is 1.99. The third-order valence-corrected chi connectivity index (χ3v) is 11.1. The molecule has 3 aromatic rings. The molecule has 0 saturated carbocycles. The highest BCUT2D eigenvalue weighted by atomic mass is 28.4. The van der Waals surface area contributed by atoms with Crippen LogP contribution < -0.4 is 15.7 Å². The summed E-state index contributed by atoms with van der Waals surface area (Å²) in [6.45, 7) is 12.7. The monoisotopic (exact) mass is 502 g/mol. The minimum atomic E-state index is -2.79.